The Bertz CT molecular complexity index is 1710. The molecule has 6 rings (SSSR count). The first-order chi connectivity index (χ1) is 23.3. The van der Waals surface area contributed by atoms with E-state index in [0.29, 0.717) is 38.4 Å². The molecule has 2 aliphatic carbocycles. The summed E-state index contributed by atoms with van der Waals surface area (Å²) in [7, 11) is 0. The third kappa shape index (κ3) is 6.54. The number of carbonyl (C=O) groups excluding carboxylic acids is 3. The molecule has 262 valence electrons. The topological polar surface area (TPSA) is 141 Å². The summed E-state index contributed by atoms with van der Waals surface area (Å²) in [5.74, 6) is -0.990. The van der Waals surface area contributed by atoms with Crippen molar-refractivity contribution >= 4 is 34.8 Å². The zero-order chi connectivity index (χ0) is 35.0. The van der Waals surface area contributed by atoms with E-state index >= 15 is 0 Å². The summed E-state index contributed by atoms with van der Waals surface area (Å²) in [4.78, 5) is 57.1. The van der Waals surface area contributed by atoms with Gasteiger partial charge in [0.25, 0.3) is 0 Å². The van der Waals surface area contributed by atoms with E-state index < -0.39 is 23.0 Å². The number of rotatable bonds is 11. The van der Waals surface area contributed by atoms with Crippen LogP contribution in [-0.2, 0) is 31.0 Å². The average Bonchev–Trinajstić information content (AvgIpc) is 3.65. The van der Waals surface area contributed by atoms with E-state index in [1.807, 2.05) is 65.7 Å². The number of fused-ring (bicyclic) bond motifs is 3. The number of aromatic amines is 1. The van der Waals surface area contributed by atoms with Crippen LogP contribution in [0.5, 0.6) is 0 Å². The molecule has 49 heavy (non-hydrogen) atoms. The lowest BCUT2D eigenvalue weighted by molar-refractivity contribution is -0.139. The standard InChI is InChI=1S/C39H50N4O6/c1-36(2)28-16-17-37(36,3)31(22-28)49-35(48)42-38(4,23-26-24-40-30-13-9-8-12-29(26)30)34(47)43-20-18-39(19-21-43,27-10-6-5-7-11-27)25-41-32(44)14-15-33(45)46/h5-13,24,28,31,40H,14-23,25H2,1-4H3,(H,41,44)(H,42,48)(H,45,46)/t28?,31-,37+,38+/m0/s1. The minimum absolute atomic E-state index is 0.0793. The minimum Gasteiger partial charge on any atom is -0.481 e. The number of H-pyrrole nitrogens is 1. The predicted octanol–water partition coefficient (Wildman–Crippen LogP) is 5.95. The SMILES string of the molecule is CC1(C)C2CC[C@]1(C)[C@@H](OC(=O)N[C@](C)(Cc1c[nH]c3ccccc13)C(=O)N1CCC(CNC(=O)CCC(=O)O)(c3ccccc3)CC1)C2. The molecular weight excluding hydrogens is 620 g/mol. The van der Waals surface area contributed by atoms with Crippen LogP contribution in [0.15, 0.2) is 60.8 Å². The zero-order valence-corrected chi connectivity index (χ0v) is 29.1. The van der Waals surface area contributed by atoms with Crippen LogP contribution in [0.25, 0.3) is 10.9 Å². The fraction of sp³-hybridized carbons (Fsp3) is 0.538. The second-order valence-corrected chi connectivity index (χ2v) is 15.6. The van der Waals surface area contributed by atoms with E-state index in [-0.39, 0.29) is 48.0 Å². The van der Waals surface area contributed by atoms with E-state index in [1.54, 1.807) is 6.92 Å². The quantitative estimate of drug-likeness (QED) is 0.199. The Morgan fingerprint density at radius 2 is 1.67 bits per heavy atom. The van der Waals surface area contributed by atoms with Gasteiger partial charge in [-0.05, 0) is 67.6 Å². The molecule has 2 heterocycles. The van der Waals surface area contributed by atoms with Gasteiger partial charge in [0.2, 0.25) is 11.8 Å². The van der Waals surface area contributed by atoms with Gasteiger partial charge in [-0.25, -0.2) is 4.79 Å². The highest BCUT2D eigenvalue weighted by atomic mass is 16.6. The van der Waals surface area contributed by atoms with Crippen molar-refractivity contribution in [2.75, 3.05) is 19.6 Å². The summed E-state index contributed by atoms with van der Waals surface area (Å²) in [5.41, 5.74) is 1.21. The highest BCUT2D eigenvalue weighted by Crippen LogP contribution is 2.66. The lowest BCUT2D eigenvalue weighted by atomic mass is 9.70. The molecule has 3 fully saturated rings. The maximum absolute atomic E-state index is 14.6. The fourth-order valence-corrected chi connectivity index (χ4v) is 8.95. The second kappa shape index (κ2) is 13.2. The van der Waals surface area contributed by atoms with Crippen molar-refractivity contribution in [3.8, 4) is 0 Å². The van der Waals surface area contributed by atoms with Crippen LogP contribution >= 0.6 is 0 Å². The number of alkyl carbamates (subject to hydrolysis) is 1. The van der Waals surface area contributed by atoms with Crippen LogP contribution in [0.3, 0.4) is 0 Å². The van der Waals surface area contributed by atoms with Crippen LogP contribution in [0.1, 0.15) is 83.8 Å². The summed E-state index contributed by atoms with van der Waals surface area (Å²) in [6.45, 7) is 9.78. The van der Waals surface area contributed by atoms with E-state index in [1.165, 1.54) is 0 Å². The number of nitrogens with one attached hydrogen (secondary N) is 3. The molecule has 2 bridgehead atoms. The number of likely N-dealkylation sites (tertiary alicyclic amines) is 1. The molecule has 1 aliphatic heterocycles. The Balaban J connectivity index is 1.21. The number of para-hydroxylation sites is 1. The van der Waals surface area contributed by atoms with Crippen LogP contribution < -0.4 is 10.6 Å². The van der Waals surface area contributed by atoms with Gasteiger partial charge in [-0.15, -0.1) is 0 Å². The molecule has 10 heteroatoms. The Labute approximate surface area is 288 Å². The van der Waals surface area contributed by atoms with Gasteiger partial charge >= 0.3 is 12.1 Å². The lowest BCUT2D eigenvalue weighted by Crippen LogP contribution is -2.62. The van der Waals surface area contributed by atoms with Gasteiger partial charge in [0.05, 0.1) is 6.42 Å². The van der Waals surface area contributed by atoms with Crippen molar-refractivity contribution in [3.05, 3.63) is 71.9 Å². The number of benzene rings is 2. The molecular formula is C39H50N4O6. The molecule has 4 N–H and O–H groups in total. The summed E-state index contributed by atoms with van der Waals surface area (Å²) < 4.78 is 6.20. The van der Waals surface area contributed by atoms with E-state index in [0.717, 1.165) is 41.3 Å². The van der Waals surface area contributed by atoms with Gasteiger partial charge in [0.1, 0.15) is 11.6 Å². The van der Waals surface area contributed by atoms with Crippen molar-refractivity contribution in [1.82, 2.24) is 20.5 Å². The fourth-order valence-electron chi connectivity index (χ4n) is 8.95. The molecule has 3 amide bonds. The van der Waals surface area contributed by atoms with E-state index in [9.17, 15) is 19.2 Å². The number of carboxylic acids is 1. The Hall–Kier alpha value is -4.34. The second-order valence-electron chi connectivity index (χ2n) is 15.6. The maximum Gasteiger partial charge on any atom is 0.408 e. The molecule has 4 atom stereocenters. The minimum atomic E-state index is -1.28. The van der Waals surface area contributed by atoms with Crippen LogP contribution in [0, 0.1) is 16.7 Å². The number of aliphatic carboxylic acids is 1. The lowest BCUT2D eigenvalue weighted by Gasteiger charge is -2.45. The number of nitrogens with zero attached hydrogens (tertiary/aromatic N) is 1. The Morgan fingerprint density at radius 3 is 2.33 bits per heavy atom. The van der Waals surface area contributed by atoms with Gasteiger partial charge in [-0.2, -0.15) is 0 Å². The van der Waals surface area contributed by atoms with Crippen LogP contribution in [0.4, 0.5) is 4.79 Å². The number of carboxylic acid groups (broad SMARTS) is 1. The molecule has 3 aliphatic rings. The molecule has 0 spiro atoms. The largest absolute Gasteiger partial charge is 0.481 e. The van der Waals surface area contributed by atoms with Gasteiger partial charge in [-0.3, -0.25) is 14.4 Å². The van der Waals surface area contributed by atoms with Crippen LogP contribution in [0.2, 0.25) is 0 Å². The van der Waals surface area contributed by atoms with Crippen molar-refractivity contribution in [3.63, 3.8) is 0 Å². The average molecular weight is 671 g/mol. The van der Waals surface area contributed by atoms with Gasteiger partial charge < -0.3 is 30.4 Å². The first kappa shape index (κ1) is 34.5. The molecule has 2 aromatic carbocycles. The molecule has 3 aromatic rings. The summed E-state index contributed by atoms with van der Waals surface area (Å²) in [5, 5.41) is 16.1. The molecule has 10 nitrogen and oxygen atoms in total. The first-order valence-electron chi connectivity index (χ1n) is 17.6. The third-order valence-electron chi connectivity index (χ3n) is 12.6. The van der Waals surface area contributed by atoms with Gasteiger partial charge in [-0.1, -0.05) is 69.3 Å². The summed E-state index contributed by atoms with van der Waals surface area (Å²) in [6.07, 6.45) is 5.28. The molecule has 0 radical (unpaired) electrons. The maximum atomic E-state index is 14.6. The van der Waals surface area contributed by atoms with Crippen LogP contribution in [-0.4, -0.2) is 70.1 Å². The number of hydrogen-bond donors (Lipinski definition) is 4. The Morgan fingerprint density at radius 1 is 0.980 bits per heavy atom. The number of piperidine rings is 1. The monoisotopic (exact) mass is 670 g/mol. The number of aromatic nitrogens is 1. The van der Waals surface area contributed by atoms with Gasteiger partial charge in [0.15, 0.2) is 0 Å². The predicted molar refractivity (Wildman–Crippen MR) is 187 cm³/mol. The highest BCUT2D eigenvalue weighted by Gasteiger charge is 2.63. The zero-order valence-electron chi connectivity index (χ0n) is 29.1. The van der Waals surface area contributed by atoms with Crippen molar-refractivity contribution in [2.24, 2.45) is 16.7 Å². The van der Waals surface area contributed by atoms with Crippen molar-refractivity contribution in [1.29, 1.82) is 0 Å². The number of amides is 3. The normalized spacial score (nSPS) is 25.0. The number of carbonyl (C=O) groups is 4. The van der Waals surface area contributed by atoms with Gasteiger partial charge in [0, 0.05) is 60.4 Å². The molecule has 2 saturated carbocycles. The van der Waals surface area contributed by atoms with Crippen molar-refractivity contribution < 1.29 is 29.0 Å². The molecule has 1 saturated heterocycles. The first-order valence-corrected chi connectivity index (χ1v) is 17.6. The number of ether oxygens (including phenoxy) is 1. The molecule has 1 unspecified atom stereocenters. The van der Waals surface area contributed by atoms with E-state index in [4.69, 9.17) is 9.84 Å². The molecule has 1 aromatic heterocycles. The smallest absolute Gasteiger partial charge is 0.408 e. The summed E-state index contributed by atoms with van der Waals surface area (Å²) in [6, 6.07) is 17.9. The third-order valence-corrected chi connectivity index (χ3v) is 12.6. The van der Waals surface area contributed by atoms with Crippen molar-refractivity contribution in [2.45, 2.75) is 96.1 Å². The highest BCUT2D eigenvalue weighted by molar-refractivity contribution is 5.92. The Kier molecular flexibility index (Phi) is 9.28. The number of hydrogen-bond acceptors (Lipinski definition) is 5. The summed E-state index contributed by atoms with van der Waals surface area (Å²) >= 11 is 0. The van der Waals surface area contributed by atoms with E-state index in [2.05, 4.69) is 36.4 Å².